The van der Waals surface area contributed by atoms with Gasteiger partial charge in [0.15, 0.2) is 0 Å². The molecule has 0 spiro atoms. The van der Waals surface area contributed by atoms with Crippen LogP contribution in [0.15, 0.2) is 35.0 Å². The molecule has 1 N–H and O–H groups in total. The Morgan fingerprint density at radius 2 is 1.47 bits per heavy atom. The zero-order valence-electron chi connectivity index (χ0n) is 10.5. The predicted octanol–water partition coefficient (Wildman–Crippen LogP) is 4.53. The van der Waals surface area contributed by atoms with E-state index in [-0.39, 0.29) is 0 Å². The van der Waals surface area contributed by atoms with Crippen molar-refractivity contribution in [3.8, 4) is 0 Å². The smallest absolute Gasteiger partial charge is 0.0766 e. The van der Waals surface area contributed by atoms with Crippen molar-refractivity contribution < 1.29 is 0 Å². The maximum absolute atomic E-state index is 3.74. The molecular formula is C14H19NS2. The summed E-state index contributed by atoms with van der Waals surface area (Å²) < 4.78 is 0. The molecule has 0 fully saturated rings. The SMILES string of the molecule is CC(C)C(C)NC(c1cccs1)c1cccs1. The summed E-state index contributed by atoms with van der Waals surface area (Å²) in [5, 5.41) is 8.04. The Hall–Kier alpha value is -0.640. The average Bonchev–Trinajstić information content (AvgIpc) is 2.98. The Morgan fingerprint density at radius 3 is 1.82 bits per heavy atom. The molecule has 0 aromatic carbocycles. The quantitative estimate of drug-likeness (QED) is 0.837. The van der Waals surface area contributed by atoms with Gasteiger partial charge in [0, 0.05) is 15.8 Å². The molecule has 0 saturated heterocycles. The Kier molecular flexibility index (Phi) is 4.37. The number of hydrogen-bond acceptors (Lipinski definition) is 3. The first kappa shape index (κ1) is 12.8. The van der Waals surface area contributed by atoms with Crippen LogP contribution in [0.1, 0.15) is 36.6 Å². The van der Waals surface area contributed by atoms with Crippen LogP contribution in [0.3, 0.4) is 0 Å². The molecule has 1 unspecified atom stereocenters. The summed E-state index contributed by atoms with van der Waals surface area (Å²) in [7, 11) is 0. The molecule has 2 heterocycles. The standard InChI is InChI=1S/C14H19NS2/c1-10(2)11(3)15-14(12-6-4-8-16-12)13-7-5-9-17-13/h4-11,14-15H,1-3H3. The molecule has 3 heteroatoms. The molecule has 1 nitrogen and oxygen atoms in total. The van der Waals surface area contributed by atoms with Gasteiger partial charge in [0.25, 0.3) is 0 Å². The lowest BCUT2D eigenvalue weighted by Crippen LogP contribution is -2.34. The first-order valence-corrected chi connectivity index (χ1v) is 7.77. The van der Waals surface area contributed by atoms with Crippen molar-refractivity contribution in [2.75, 3.05) is 0 Å². The van der Waals surface area contributed by atoms with Gasteiger partial charge in [-0.05, 0) is 35.7 Å². The maximum Gasteiger partial charge on any atom is 0.0766 e. The van der Waals surface area contributed by atoms with Gasteiger partial charge in [-0.25, -0.2) is 0 Å². The van der Waals surface area contributed by atoms with Gasteiger partial charge in [-0.1, -0.05) is 26.0 Å². The summed E-state index contributed by atoms with van der Waals surface area (Å²) in [6.45, 7) is 6.79. The van der Waals surface area contributed by atoms with E-state index in [0.29, 0.717) is 18.0 Å². The van der Waals surface area contributed by atoms with E-state index in [2.05, 4.69) is 61.1 Å². The fraction of sp³-hybridized carbons (Fsp3) is 0.429. The van der Waals surface area contributed by atoms with Crippen LogP contribution in [-0.4, -0.2) is 6.04 Å². The zero-order chi connectivity index (χ0) is 12.3. The van der Waals surface area contributed by atoms with Gasteiger partial charge in [-0.2, -0.15) is 0 Å². The van der Waals surface area contributed by atoms with Crippen molar-refractivity contribution in [3.63, 3.8) is 0 Å². The minimum absolute atomic E-state index is 0.354. The van der Waals surface area contributed by atoms with Gasteiger partial charge < -0.3 is 5.32 Å². The zero-order valence-corrected chi connectivity index (χ0v) is 12.1. The third-order valence-corrected chi connectivity index (χ3v) is 4.96. The molecule has 0 amide bonds. The van der Waals surface area contributed by atoms with Crippen molar-refractivity contribution in [2.24, 2.45) is 5.92 Å². The largest absolute Gasteiger partial charge is 0.302 e. The van der Waals surface area contributed by atoms with E-state index >= 15 is 0 Å². The highest BCUT2D eigenvalue weighted by Crippen LogP contribution is 2.30. The Labute approximate surface area is 112 Å². The number of thiophene rings is 2. The van der Waals surface area contributed by atoms with Crippen LogP contribution >= 0.6 is 22.7 Å². The second-order valence-electron chi connectivity index (χ2n) is 4.66. The van der Waals surface area contributed by atoms with E-state index in [1.807, 2.05) is 22.7 Å². The number of hydrogen-bond donors (Lipinski definition) is 1. The van der Waals surface area contributed by atoms with Crippen molar-refractivity contribution in [1.29, 1.82) is 0 Å². The van der Waals surface area contributed by atoms with E-state index in [4.69, 9.17) is 0 Å². The molecule has 1 atom stereocenters. The van der Waals surface area contributed by atoms with Gasteiger partial charge in [0.1, 0.15) is 0 Å². The third kappa shape index (κ3) is 3.18. The Morgan fingerprint density at radius 1 is 0.941 bits per heavy atom. The molecule has 2 rings (SSSR count). The van der Waals surface area contributed by atoms with Crippen molar-refractivity contribution >= 4 is 22.7 Å². The van der Waals surface area contributed by atoms with Crippen LogP contribution in [0, 0.1) is 5.92 Å². The summed E-state index contributed by atoms with van der Waals surface area (Å²) in [5.74, 6) is 0.650. The van der Waals surface area contributed by atoms with Gasteiger partial charge in [0.05, 0.1) is 6.04 Å². The van der Waals surface area contributed by atoms with Crippen molar-refractivity contribution in [3.05, 3.63) is 44.8 Å². The van der Waals surface area contributed by atoms with E-state index < -0.39 is 0 Å². The predicted molar refractivity (Wildman–Crippen MR) is 77.9 cm³/mol. The van der Waals surface area contributed by atoms with Gasteiger partial charge >= 0.3 is 0 Å². The molecule has 0 saturated carbocycles. The normalized spacial score (nSPS) is 13.5. The summed E-state index contributed by atoms with van der Waals surface area (Å²) in [5.41, 5.74) is 0. The van der Waals surface area contributed by atoms with Crippen LogP contribution in [0.5, 0.6) is 0 Å². The minimum atomic E-state index is 0.354. The van der Waals surface area contributed by atoms with E-state index in [0.717, 1.165) is 0 Å². The first-order chi connectivity index (χ1) is 8.18. The van der Waals surface area contributed by atoms with E-state index in [9.17, 15) is 0 Å². The lowest BCUT2D eigenvalue weighted by Gasteiger charge is -2.24. The highest BCUT2D eigenvalue weighted by atomic mass is 32.1. The molecular weight excluding hydrogens is 246 g/mol. The third-order valence-electron chi connectivity index (χ3n) is 3.08. The Bertz CT molecular complexity index is 383. The highest BCUT2D eigenvalue weighted by molar-refractivity contribution is 7.11. The summed E-state index contributed by atoms with van der Waals surface area (Å²) in [6.07, 6.45) is 0. The van der Waals surface area contributed by atoms with Crippen LogP contribution in [0.2, 0.25) is 0 Å². The first-order valence-electron chi connectivity index (χ1n) is 6.01. The molecule has 2 aromatic heterocycles. The van der Waals surface area contributed by atoms with Crippen LogP contribution < -0.4 is 5.32 Å². The fourth-order valence-electron chi connectivity index (χ4n) is 1.67. The highest BCUT2D eigenvalue weighted by Gasteiger charge is 2.19. The molecule has 0 aliphatic rings. The van der Waals surface area contributed by atoms with Gasteiger partial charge in [0.2, 0.25) is 0 Å². The lowest BCUT2D eigenvalue weighted by molar-refractivity contribution is 0.404. The van der Waals surface area contributed by atoms with Crippen LogP contribution in [-0.2, 0) is 0 Å². The topological polar surface area (TPSA) is 12.0 Å². The number of nitrogens with one attached hydrogen (secondary N) is 1. The monoisotopic (exact) mass is 265 g/mol. The molecule has 0 radical (unpaired) electrons. The second-order valence-corrected chi connectivity index (χ2v) is 6.62. The Balaban J connectivity index is 2.20. The van der Waals surface area contributed by atoms with Crippen molar-refractivity contribution in [1.82, 2.24) is 5.32 Å². The van der Waals surface area contributed by atoms with E-state index in [1.54, 1.807) is 0 Å². The summed E-state index contributed by atoms with van der Waals surface area (Å²) in [4.78, 5) is 2.81. The van der Waals surface area contributed by atoms with Crippen LogP contribution in [0.4, 0.5) is 0 Å². The molecule has 17 heavy (non-hydrogen) atoms. The molecule has 0 aliphatic carbocycles. The lowest BCUT2D eigenvalue weighted by atomic mass is 10.0. The van der Waals surface area contributed by atoms with Gasteiger partial charge in [-0.15, -0.1) is 22.7 Å². The summed E-state index contributed by atoms with van der Waals surface area (Å²) >= 11 is 3.65. The average molecular weight is 265 g/mol. The van der Waals surface area contributed by atoms with Crippen molar-refractivity contribution in [2.45, 2.75) is 32.9 Å². The molecule has 0 aliphatic heterocycles. The van der Waals surface area contributed by atoms with E-state index in [1.165, 1.54) is 9.75 Å². The maximum atomic E-state index is 3.74. The van der Waals surface area contributed by atoms with Crippen LogP contribution in [0.25, 0.3) is 0 Å². The molecule has 92 valence electrons. The number of rotatable bonds is 5. The second kappa shape index (κ2) is 5.80. The van der Waals surface area contributed by atoms with Gasteiger partial charge in [-0.3, -0.25) is 0 Å². The molecule has 0 bridgehead atoms. The molecule has 2 aromatic rings. The fourth-order valence-corrected chi connectivity index (χ4v) is 3.35. The minimum Gasteiger partial charge on any atom is -0.302 e. The summed E-state index contributed by atoms with van der Waals surface area (Å²) in [6, 6.07) is 9.56.